The molecule has 0 unspecified atom stereocenters. The van der Waals surface area contributed by atoms with Gasteiger partial charge in [-0.25, -0.2) is 18.7 Å². The number of nitrogens with one attached hydrogen (secondary N) is 1. The number of nitrogens with zero attached hydrogens (tertiary/aromatic N) is 4. The molecule has 162 valence electrons. The maximum absolute atomic E-state index is 13.8. The monoisotopic (exact) mass is 463 g/mol. The van der Waals surface area contributed by atoms with Gasteiger partial charge < -0.3 is 10.2 Å². The summed E-state index contributed by atoms with van der Waals surface area (Å²) in [6.07, 6.45) is 2.15. The Labute approximate surface area is 189 Å². The fraction of sp³-hybridized carbons (Fsp3) is 0.364. The smallest absolute Gasteiger partial charge is 0.172 e. The van der Waals surface area contributed by atoms with Crippen LogP contribution in [-0.4, -0.2) is 47.1 Å². The summed E-state index contributed by atoms with van der Waals surface area (Å²) in [7, 11) is 0. The predicted molar refractivity (Wildman–Crippen MR) is 120 cm³/mol. The SMILES string of the molecule is Fc1cc2nc(NC3CC3)c(N3CCN(Cc4cc(Cl)ccc4Cl)CC3)nc2cc1F. The van der Waals surface area contributed by atoms with Gasteiger partial charge in [-0.1, -0.05) is 23.2 Å². The normalized spacial score (nSPS) is 17.4. The van der Waals surface area contributed by atoms with E-state index >= 15 is 0 Å². The molecular weight excluding hydrogens is 443 g/mol. The first-order chi connectivity index (χ1) is 15.0. The van der Waals surface area contributed by atoms with Crippen LogP contribution in [0.2, 0.25) is 10.0 Å². The highest BCUT2D eigenvalue weighted by molar-refractivity contribution is 6.33. The molecule has 1 aliphatic heterocycles. The van der Waals surface area contributed by atoms with Crippen molar-refractivity contribution >= 4 is 45.9 Å². The maximum atomic E-state index is 13.8. The second-order valence-corrected chi connectivity index (χ2v) is 8.91. The third-order valence-electron chi connectivity index (χ3n) is 5.68. The average Bonchev–Trinajstić information content (AvgIpc) is 3.56. The van der Waals surface area contributed by atoms with E-state index in [0.717, 1.165) is 56.7 Å². The lowest BCUT2D eigenvalue weighted by Gasteiger charge is -2.36. The number of piperazine rings is 1. The summed E-state index contributed by atoms with van der Waals surface area (Å²) in [5.41, 5.74) is 1.70. The molecule has 0 amide bonds. The number of benzene rings is 2. The first kappa shape index (κ1) is 20.7. The molecule has 9 heteroatoms. The lowest BCUT2D eigenvalue weighted by atomic mass is 10.2. The van der Waals surface area contributed by atoms with Crippen LogP contribution in [-0.2, 0) is 6.54 Å². The van der Waals surface area contributed by atoms with Gasteiger partial charge >= 0.3 is 0 Å². The van der Waals surface area contributed by atoms with Crippen molar-refractivity contribution in [3.63, 3.8) is 0 Å². The third-order valence-corrected chi connectivity index (χ3v) is 6.28. The number of anilines is 2. The molecule has 31 heavy (non-hydrogen) atoms. The van der Waals surface area contributed by atoms with E-state index < -0.39 is 11.6 Å². The number of rotatable bonds is 5. The van der Waals surface area contributed by atoms with Crippen LogP contribution in [0.15, 0.2) is 30.3 Å². The van der Waals surface area contributed by atoms with E-state index in [4.69, 9.17) is 23.2 Å². The minimum atomic E-state index is -0.918. The van der Waals surface area contributed by atoms with Gasteiger partial charge in [-0.05, 0) is 36.6 Å². The van der Waals surface area contributed by atoms with Crippen molar-refractivity contribution in [2.24, 2.45) is 0 Å². The Bertz CT molecular complexity index is 1130. The highest BCUT2D eigenvalue weighted by atomic mass is 35.5. The van der Waals surface area contributed by atoms with Crippen LogP contribution in [0.5, 0.6) is 0 Å². The number of hydrogen-bond donors (Lipinski definition) is 1. The molecule has 0 spiro atoms. The molecule has 1 N–H and O–H groups in total. The zero-order valence-corrected chi connectivity index (χ0v) is 18.2. The molecule has 2 aromatic carbocycles. The number of hydrogen-bond acceptors (Lipinski definition) is 5. The average molecular weight is 464 g/mol. The summed E-state index contributed by atoms with van der Waals surface area (Å²) >= 11 is 12.4. The fourth-order valence-electron chi connectivity index (χ4n) is 3.80. The molecule has 2 fully saturated rings. The largest absolute Gasteiger partial charge is 0.364 e. The topological polar surface area (TPSA) is 44.3 Å². The summed E-state index contributed by atoms with van der Waals surface area (Å²) in [6.45, 7) is 3.81. The second-order valence-electron chi connectivity index (χ2n) is 8.07. The molecular formula is C22H21Cl2F2N5. The van der Waals surface area contributed by atoms with Crippen LogP contribution in [0, 0.1) is 11.6 Å². The maximum Gasteiger partial charge on any atom is 0.172 e. The van der Waals surface area contributed by atoms with Crippen LogP contribution in [0.1, 0.15) is 18.4 Å². The molecule has 1 aliphatic carbocycles. The van der Waals surface area contributed by atoms with Crippen molar-refractivity contribution in [1.29, 1.82) is 0 Å². The first-order valence-electron chi connectivity index (χ1n) is 10.3. The quantitative estimate of drug-likeness (QED) is 0.569. The summed E-state index contributed by atoms with van der Waals surface area (Å²) in [5.74, 6) is -0.516. The molecule has 3 aromatic rings. The van der Waals surface area contributed by atoms with Crippen molar-refractivity contribution < 1.29 is 8.78 Å². The molecule has 1 saturated carbocycles. The van der Waals surface area contributed by atoms with E-state index in [1.807, 2.05) is 12.1 Å². The number of aromatic nitrogens is 2. The van der Waals surface area contributed by atoms with Gasteiger partial charge in [-0.3, -0.25) is 4.90 Å². The lowest BCUT2D eigenvalue weighted by molar-refractivity contribution is 0.249. The lowest BCUT2D eigenvalue weighted by Crippen LogP contribution is -2.46. The van der Waals surface area contributed by atoms with Gasteiger partial charge in [-0.15, -0.1) is 0 Å². The van der Waals surface area contributed by atoms with Crippen molar-refractivity contribution in [3.05, 3.63) is 57.6 Å². The summed E-state index contributed by atoms with van der Waals surface area (Å²) in [5, 5.41) is 4.77. The zero-order chi connectivity index (χ0) is 21.5. The second kappa shape index (κ2) is 8.37. The van der Waals surface area contributed by atoms with E-state index in [0.29, 0.717) is 45.3 Å². The molecule has 2 aliphatic rings. The Morgan fingerprint density at radius 1 is 0.935 bits per heavy atom. The van der Waals surface area contributed by atoms with Gasteiger partial charge in [0.1, 0.15) is 0 Å². The van der Waals surface area contributed by atoms with E-state index in [1.54, 1.807) is 6.07 Å². The molecule has 0 atom stereocenters. The fourth-order valence-corrected chi connectivity index (χ4v) is 4.18. The molecule has 1 saturated heterocycles. The van der Waals surface area contributed by atoms with Crippen molar-refractivity contribution in [2.75, 3.05) is 36.4 Å². The van der Waals surface area contributed by atoms with Crippen LogP contribution >= 0.6 is 23.2 Å². The zero-order valence-electron chi connectivity index (χ0n) is 16.7. The van der Waals surface area contributed by atoms with Gasteiger partial charge in [0.15, 0.2) is 23.3 Å². The van der Waals surface area contributed by atoms with Crippen LogP contribution in [0.25, 0.3) is 11.0 Å². The van der Waals surface area contributed by atoms with Gasteiger partial charge in [0.2, 0.25) is 0 Å². The Morgan fingerprint density at radius 2 is 1.61 bits per heavy atom. The van der Waals surface area contributed by atoms with Gasteiger partial charge in [0.25, 0.3) is 0 Å². The van der Waals surface area contributed by atoms with Crippen molar-refractivity contribution in [2.45, 2.75) is 25.4 Å². The minimum Gasteiger partial charge on any atom is -0.364 e. The number of halogens is 4. The molecule has 0 bridgehead atoms. The van der Waals surface area contributed by atoms with Crippen LogP contribution in [0.4, 0.5) is 20.4 Å². The minimum absolute atomic E-state index is 0.347. The van der Waals surface area contributed by atoms with E-state index in [1.165, 1.54) is 0 Å². The van der Waals surface area contributed by atoms with Crippen molar-refractivity contribution in [1.82, 2.24) is 14.9 Å². The Hall–Kier alpha value is -2.22. The molecule has 5 nitrogen and oxygen atoms in total. The standard InChI is InChI=1S/C22H21Cl2F2N5/c23-14-1-4-16(24)13(9-14)12-30-5-7-31(8-6-30)22-21(27-15-2-3-15)28-19-10-17(25)18(26)11-20(19)29-22/h1,4,9-11,15H,2-3,5-8,12H2,(H,27,28). The molecule has 2 heterocycles. The third kappa shape index (κ3) is 4.54. The van der Waals surface area contributed by atoms with E-state index in [-0.39, 0.29) is 0 Å². The summed E-state index contributed by atoms with van der Waals surface area (Å²) < 4.78 is 27.5. The first-order valence-corrected chi connectivity index (χ1v) is 11.1. The Morgan fingerprint density at radius 3 is 2.29 bits per heavy atom. The highest BCUT2D eigenvalue weighted by Gasteiger charge is 2.27. The summed E-state index contributed by atoms with van der Waals surface area (Å²) in [4.78, 5) is 13.7. The van der Waals surface area contributed by atoms with Crippen molar-refractivity contribution in [3.8, 4) is 0 Å². The highest BCUT2D eigenvalue weighted by Crippen LogP contribution is 2.32. The summed E-state index contributed by atoms with van der Waals surface area (Å²) in [6, 6.07) is 8.08. The Kier molecular flexibility index (Phi) is 5.58. The van der Waals surface area contributed by atoms with E-state index in [2.05, 4.69) is 25.1 Å². The van der Waals surface area contributed by atoms with E-state index in [9.17, 15) is 8.78 Å². The number of fused-ring (bicyclic) bond motifs is 1. The molecule has 1 aromatic heterocycles. The molecule has 0 radical (unpaired) electrons. The van der Waals surface area contributed by atoms with Crippen LogP contribution < -0.4 is 10.2 Å². The van der Waals surface area contributed by atoms with Gasteiger partial charge in [0, 0.05) is 60.9 Å². The van der Waals surface area contributed by atoms with Gasteiger partial charge in [0.05, 0.1) is 11.0 Å². The molecule has 5 rings (SSSR count). The Balaban J connectivity index is 1.36. The van der Waals surface area contributed by atoms with Gasteiger partial charge in [-0.2, -0.15) is 0 Å². The predicted octanol–water partition coefficient (Wildman–Crippen LogP) is 5.11. The van der Waals surface area contributed by atoms with Crippen LogP contribution in [0.3, 0.4) is 0 Å².